The Balaban J connectivity index is 1.84. The Morgan fingerprint density at radius 2 is 1.74 bits per heavy atom. The Hall–Kier alpha value is -2.37. The fourth-order valence-electron chi connectivity index (χ4n) is 2.93. The molecule has 1 saturated carbocycles. The molecule has 1 aliphatic rings. The zero-order valence-corrected chi connectivity index (χ0v) is 13.0. The normalized spacial score (nSPS) is 16.3. The first-order valence-corrected chi connectivity index (χ1v) is 7.93. The first kappa shape index (κ1) is 17.0. The number of hydrogen-bond donors (Lipinski definition) is 3. The van der Waals surface area contributed by atoms with Gasteiger partial charge in [0.25, 0.3) is 5.91 Å². The molecule has 0 saturated heterocycles. The summed E-state index contributed by atoms with van der Waals surface area (Å²) in [6, 6.07) is 7.68. The third-order valence-corrected chi connectivity index (χ3v) is 4.15. The van der Waals surface area contributed by atoms with Crippen LogP contribution in [-0.2, 0) is 9.59 Å². The number of carbonyl (C=O) groups is 3. The van der Waals surface area contributed by atoms with Crippen LogP contribution in [0, 0.1) is 5.92 Å². The number of rotatable bonds is 6. The smallest absolute Gasteiger partial charge is 0.326 e. The van der Waals surface area contributed by atoms with Gasteiger partial charge >= 0.3 is 5.97 Å². The topological polar surface area (TPSA) is 95.5 Å². The van der Waals surface area contributed by atoms with Crippen molar-refractivity contribution >= 4 is 17.8 Å². The molecule has 1 atom stereocenters. The second-order valence-corrected chi connectivity index (χ2v) is 5.83. The molecule has 1 aliphatic carbocycles. The average Bonchev–Trinajstić information content (AvgIpc) is 2.58. The van der Waals surface area contributed by atoms with Gasteiger partial charge in [0.05, 0.1) is 6.54 Å². The predicted octanol–water partition coefficient (Wildman–Crippen LogP) is 1.57. The van der Waals surface area contributed by atoms with E-state index in [0.29, 0.717) is 5.56 Å². The highest BCUT2D eigenvalue weighted by Crippen LogP contribution is 2.26. The van der Waals surface area contributed by atoms with Crippen molar-refractivity contribution in [1.82, 2.24) is 10.6 Å². The molecule has 0 aromatic heterocycles. The third-order valence-electron chi connectivity index (χ3n) is 4.15. The van der Waals surface area contributed by atoms with E-state index in [1.54, 1.807) is 30.3 Å². The Labute approximate surface area is 135 Å². The summed E-state index contributed by atoms with van der Waals surface area (Å²) in [4.78, 5) is 35.2. The SMILES string of the molecule is O=C(CNC(=O)c1ccccc1)N[C@H](C(=O)O)C1CCCCC1. The van der Waals surface area contributed by atoms with E-state index in [0.717, 1.165) is 32.1 Å². The number of nitrogens with one attached hydrogen (secondary N) is 2. The minimum absolute atomic E-state index is 0.0324. The average molecular weight is 318 g/mol. The Morgan fingerprint density at radius 3 is 2.35 bits per heavy atom. The molecule has 124 valence electrons. The van der Waals surface area contributed by atoms with Crippen LogP contribution in [0.15, 0.2) is 30.3 Å². The van der Waals surface area contributed by atoms with Crippen LogP contribution in [-0.4, -0.2) is 35.5 Å². The number of carboxylic acid groups (broad SMARTS) is 1. The number of aliphatic carboxylic acids is 1. The van der Waals surface area contributed by atoms with E-state index in [-0.39, 0.29) is 18.4 Å². The van der Waals surface area contributed by atoms with Crippen molar-refractivity contribution in [2.45, 2.75) is 38.1 Å². The Morgan fingerprint density at radius 1 is 1.09 bits per heavy atom. The maximum absolute atomic E-state index is 11.9. The van der Waals surface area contributed by atoms with Crippen LogP contribution in [0.3, 0.4) is 0 Å². The lowest BCUT2D eigenvalue weighted by atomic mass is 9.84. The quantitative estimate of drug-likeness (QED) is 0.742. The summed E-state index contributed by atoms with van der Waals surface area (Å²) in [6.07, 6.45) is 4.73. The van der Waals surface area contributed by atoms with Crippen molar-refractivity contribution in [2.75, 3.05) is 6.54 Å². The van der Waals surface area contributed by atoms with E-state index in [1.165, 1.54) is 0 Å². The molecule has 1 fully saturated rings. The van der Waals surface area contributed by atoms with Crippen LogP contribution < -0.4 is 10.6 Å². The van der Waals surface area contributed by atoms with Crippen LogP contribution in [0.25, 0.3) is 0 Å². The van der Waals surface area contributed by atoms with Gasteiger partial charge in [0.2, 0.25) is 5.91 Å². The Bertz CT molecular complexity index is 553. The fraction of sp³-hybridized carbons (Fsp3) is 0.471. The Kier molecular flexibility index (Phi) is 6.14. The minimum atomic E-state index is -1.01. The highest BCUT2D eigenvalue weighted by Gasteiger charge is 2.30. The molecule has 6 heteroatoms. The summed E-state index contributed by atoms with van der Waals surface area (Å²) in [5.41, 5.74) is 0.461. The molecule has 0 spiro atoms. The summed E-state index contributed by atoms with van der Waals surface area (Å²) in [7, 11) is 0. The summed E-state index contributed by atoms with van der Waals surface area (Å²) in [6.45, 7) is -0.232. The highest BCUT2D eigenvalue weighted by molar-refractivity contribution is 5.96. The van der Waals surface area contributed by atoms with Gasteiger partial charge in [0, 0.05) is 5.56 Å². The molecule has 0 radical (unpaired) electrons. The van der Waals surface area contributed by atoms with Gasteiger partial charge in [-0.25, -0.2) is 4.79 Å². The van der Waals surface area contributed by atoms with Gasteiger partial charge in [-0.2, -0.15) is 0 Å². The number of amides is 2. The van der Waals surface area contributed by atoms with Gasteiger partial charge in [-0.1, -0.05) is 37.5 Å². The van der Waals surface area contributed by atoms with Gasteiger partial charge in [-0.3, -0.25) is 9.59 Å². The molecule has 23 heavy (non-hydrogen) atoms. The number of benzene rings is 1. The summed E-state index contributed by atoms with van der Waals surface area (Å²) in [5, 5.41) is 14.4. The lowest BCUT2D eigenvalue weighted by molar-refractivity contribution is -0.143. The monoisotopic (exact) mass is 318 g/mol. The summed E-state index contributed by atoms with van der Waals surface area (Å²) < 4.78 is 0. The standard InChI is InChI=1S/C17H22N2O4/c20-14(11-18-16(21)13-9-5-2-6-10-13)19-15(17(22)23)12-7-3-1-4-8-12/h2,5-6,9-10,12,15H,1,3-4,7-8,11H2,(H,18,21)(H,19,20)(H,22,23)/t15-/m0/s1. The van der Waals surface area contributed by atoms with E-state index in [4.69, 9.17) is 0 Å². The van der Waals surface area contributed by atoms with E-state index in [9.17, 15) is 19.5 Å². The number of hydrogen-bond acceptors (Lipinski definition) is 3. The lowest BCUT2D eigenvalue weighted by Crippen LogP contribution is -2.49. The van der Waals surface area contributed by atoms with Gasteiger partial charge < -0.3 is 15.7 Å². The van der Waals surface area contributed by atoms with E-state index < -0.39 is 17.9 Å². The van der Waals surface area contributed by atoms with Crippen LogP contribution >= 0.6 is 0 Å². The van der Waals surface area contributed by atoms with Crippen molar-refractivity contribution in [3.05, 3.63) is 35.9 Å². The van der Waals surface area contributed by atoms with Crippen molar-refractivity contribution < 1.29 is 19.5 Å². The molecule has 6 nitrogen and oxygen atoms in total. The minimum Gasteiger partial charge on any atom is -0.480 e. The second kappa shape index (κ2) is 8.31. The fourth-order valence-corrected chi connectivity index (χ4v) is 2.93. The molecule has 0 aliphatic heterocycles. The van der Waals surface area contributed by atoms with Crippen molar-refractivity contribution in [2.24, 2.45) is 5.92 Å². The summed E-state index contributed by atoms with van der Waals surface area (Å²) in [5.74, 6) is -1.88. The molecule has 2 rings (SSSR count). The first-order chi connectivity index (χ1) is 11.1. The van der Waals surface area contributed by atoms with Gasteiger partial charge in [0.15, 0.2) is 0 Å². The maximum atomic E-state index is 11.9. The molecule has 1 aromatic rings. The van der Waals surface area contributed by atoms with Crippen molar-refractivity contribution in [1.29, 1.82) is 0 Å². The molecule has 2 amide bonds. The van der Waals surface area contributed by atoms with Gasteiger partial charge in [0.1, 0.15) is 6.04 Å². The van der Waals surface area contributed by atoms with E-state index in [1.807, 2.05) is 0 Å². The summed E-state index contributed by atoms with van der Waals surface area (Å²) >= 11 is 0. The molecule has 0 unspecified atom stereocenters. The van der Waals surface area contributed by atoms with Crippen molar-refractivity contribution in [3.63, 3.8) is 0 Å². The maximum Gasteiger partial charge on any atom is 0.326 e. The first-order valence-electron chi connectivity index (χ1n) is 7.93. The zero-order valence-electron chi connectivity index (χ0n) is 13.0. The third kappa shape index (κ3) is 5.09. The molecular weight excluding hydrogens is 296 g/mol. The molecule has 1 aromatic carbocycles. The van der Waals surface area contributed by atoms with Crippen LogP contribution in [0.1, 0.15) is 42.5 Å². The van der Waals surface area contributed by atoms with Crippen LogP contribution in [0.2, 0.25) is 0 Å². The predicted molar refractivity (Wildman–Crippen MR) is 84.9 cm³/mol. The van der Waals surface area contributed by atoms with Crippen molar-refractivity contribution in [3.8, 4) is 0 Å². The van der Waals surface area contributed by atoms with Gasteiger partial charge in [-0.05, 0) is 30.9 Å². The van der Waals surface area contributed by atoms with Crippen LogP contribution in [0.4, 0.5) is 0 Å². The highest BCUT2D eigenvalue weighted by atomic mass is 16.4. The lowest BCUT2D eigenvalue weighted by Gasteiger charge is -2.28. The zero-order chi connectivity index (χ0) is 16.7. The molecule has 0 bridgehead atoms. The van der Waals surface area contributed by atoms with E-state index >= 15 is 0 Å². The molecule has 3 N–H and O–H groups in total. The molecular formula is C17H22N2O4. The van der Waals surface area contributed by atoms with Gasteiger partial charge in [-0.15, -0.1) is 0 Å². The largest absolute Gasteiger partial charge is 0.480 e. The number of carboxylic acids is 1. The number of carbonyl (C=O) groups excluding carboxylic acids is 2. The van der Waals surface area contributed by atoms with Crippen LogP contribution in [0.5, 0.6) is 0 Å². The second-order valence-electron chi connectivity index (χ2n) is 5.83. The van der Waals surface area contributed by atoms with E-state index in [2.05, 4.69) is 10.6 Å². The molecule has 0 heterocycles.